The predicted octanol–water partition coefficient (Wildman–Crippen LogP) is -1.60. The molecule has 1 aliphatic heterocycles. The molecule has 5 nitrogen and oxygen atoms in total. The number of phenolic OH excluding ortho intramolecular Hbond substituents is 1. The monoisotopic (exact) mass is 758 g/mol. The summed E-state index contributed by atoms with van der Waals surface area (Å²) in [6.45, 7) is 0.462. The van der Waals surface area contributed by atoms with Gasteiger partial charge in [0.25, 0.3) is 0 Å². The third kappa shape index (κ3) is 10.7. The van der Waals surface area contributed by atoms with Gasteiger partial charge in [0.1, 0.15) is 11.1 Å². The Hall–Kier alpha value is 4.91. The normalized spacial score (nSPS) is 16.6. The number of aromatic hydroxyl groups is 1. The molecule has 1 unspecified atom stereocenters. The zero-order valence-electron chi connectivity index (χ0n) is 15.9. The van der Waals surface area contributed by atoms with Gasteiger partial charge in [-0.25, -0.2) is 4.39 Å². The fraction of sp³-hybridized carbons (Fsp3) is 0.400. The van der Waals surface area contributed by atoms with Crippen molar-refractivity contribution in [2.45, 2.75) is 12.1 Å². The van der Waals surface area contributed by atoms with E-state index < -0.39 is 23.6 Å². The summed E-state index contributed by atoms with van der Waals surface area (Å²) in [6.07, 6.45) is 0. The zero-order valence-corrected chi connectivity index (χ0v) is 36.5. The Labute approximate surface area is 276 Å². The number of rotatable bonds is 6. The molecular weight excluding hydrogens is 738 g/mol. The summed E-state index contributed by atoms with van der Waals surface area (Å²) in [6, 6.07) is 3.55. The van der Waals surface area contributed by atoms with E-state index in [0.29, 0.717) is 22.9 Å². The number of nitrogens with zero attached hydrogens (tertiary/aromatic N) is 2. The van der Waals surface area contributed by atoms with Crippen molar-refractivity contribution < 1.29 is 88.3 Å². The number of carboxylic acids is 1. The molecule has 2 N–H and O–H groups in total. The summed E-state index contributed by atoms with van der Waals surface area (Å²) in [5, 5.41) is 19.4. The summed E-state index contributed by atoms with van der Waals surface area (Å²) in [4.78, 5) is 17.3. The van der Waals surface area contributed by atoms with Gasteiger partial charge < -0.3 is 17.6 Å². The molecule has 0 saturated carbocycles. The van der Waals surface area contributed by atoms with Gasteiger partial charge in [0.15, 0.2) is 11.6 Å². The number of thioether (sulfide) groups is 1. The molecular formula is C15H20Cs3FN2O3S2. The molecule has 2 atom stereocenters. The number of phenols is 1. The van der Waals surface area contributed by atoms with E-state index in [-0.39, 0.29) is 88.1 Å². The summed E-state index contributed by atoms with van der Waals surface area (Å²) in [5.74, 6) is -1.12. The number of benzene rings is 1. The van der Waals surface area contributed by atoms with Crippen LogP contribution in [0.25, 0.3) is 0 Å². The van der Waals surface area contributed by atoms with Crippen LogP contribution in [0.1, 0.15) is 5.56 Å². The van der Waals surface area contributed by atoms with Gasteiger partial charge in [-0.05, 0) is 19.2 Å². The summed E-state index contributed by atoms with van der Waals surface area (Å²) >= 11 is 7.70. The maximum atomic E-state index is 13.4. The molecule has 1 heterocycles. The minimum atomic E-state index is -0.921. The fourth-order valence-corrected chi connectivity index (χ4v) is 3.72. The van der Waals surface area contributed by atoms with Crippen LogP contribution in [-0.2, 0) is 4.79 Å². The third-order valence-electron chi connectivity index (χ3n) is 3.42. The second kappa shape index (κ2) is 18.3. The SMILES string of the molecule is CN(CC1CSC(c2cccc(F)c2O)=N1)[C@H](CS)C(=O)O.[CH3-].[Cs+].[Cs][Cs]. The van der Waals surface area contributed by atoms with Crippen LogP contribution >= 0.6 is 24.4 Å². The van der Waals surface area contributed by atoms with Gasteiger partial charge in [-0.1, -0.05) is 6.07 Å². The Balaban J connectivity index is 0. The molecule has 2 rings (SSSR count). The topological polar surface area (TPSA) is 73.1 Å². The van der Waals surface area contributed by atoms with Crippen molar-refractivity contribution in [1.29, 1.82) is 0 Å². The van der Waals surface area contributed by atoms with E-state index in [0.717, 1.165) is 73.6 Å². The standard InChI is InChI=1S/C14H17FN2O3S2.CH3.3Cs/c1-17(11(6-21)14(19)20)5-8-7-22-13(16-8)9-3-2-4-10(15)12(9)18;;;;/h2-4,8,11,18,21H,5-7H2,1H3,(H,19,20);1H3;;;/q;-1;;;+1/t8?,11-;;;;/m1..../s1. The van der Waals surface area contributed by atoms with E-state index in [4.69, 9.17) is 5.11 Å². The number of likely N-dealkylation sites (N-methyl/N-ethyl adjacent to an activating group) is 1. The van der Waals surface area contributed by atoms with Crippen LogP contribution in [0.2, 0.25) is 0 Å². The van der Waals surface area contributed by atoms with Crippen LogP contribution < -0.4 is 68.9 Å². The molecule has 1 aromatic rings. The molecule has 26 heavy (non-hydrogen) atoms. The Bertz CT molecular complexity index is 611. The summed E-state index contributed by atoms with van der Waals surface area (Å²) in [7, 11) is 1.72. The first-order chi connectivity index (χ1) is 11.4. The van der Waals surface area contributed by atoms with Crippen LogP contribution in [0.4, 0.5) is 4.39 Å². The van der Waals surface area contributed by atoms with Crippen LogP contribution in [-0.4, -0.2) is 137 Å². The summed E-state index contributed by atoms with van der Waals surface area (Å²) < 4.78 is 13.4. The molecule has 0 bridgehead atoms. The zero-order chi connectivity index (χ0) is 18.3. The van der Waals surface area contributed by atoms with E-state index in [1.165, 1.54) is 23.9 Å². The Morgan fingerprint density at radius 2 is 2.15 bits per heavy atom. The van der Waals surface area contributed by atoms with Crippen molar-refractivity contribution in [3.8, 4) is 5.75 Å². The molecule has 1 aliphatic rings. The molecule has 0 spiro atoms. The van der Waals surface area contributed by atoms with E-state index >= 15 is 0 Å². The van der Waals surface area contributed by atoms with Gasteiger partial charge in [-0.3, -0.25) is 14.7 Å². The number of hydrogen-bond donors (Lipinski definition) is 3. The molecule has 130 valence electrons. The first kappa shape index (κ1) is 33.1. The average molecular weight is 758 g/mol. The van der Waals surface area contributed by atoms with Crippen molar-refractivity contribution in [2.24, 2.45) is 4.99 Å². The van der Waals surface area contributed by atoms with Gasteiger partial charge in [-0.2, -0.15) is 12.6 Å². The molecule has 0 amide bonds. The van der Waals surface area contributed by atoms with E-state index in [2.05, 4.69) is 17.6 Å². The predicted molar refractivity (Wildman–Crippen MR) is 107 cm³/mol. The van der Waals surface area contributed by atoms with Gasteiger partial charge in [0.05, 0.1) is 11.6 Å². The molecule has 0 aromatic heterocycles. The summed E-state index contributed by atoms with van der Waals surface area (Å²) in [5.41, 5.74) is 0.374. The van der Waals surface area contributed by atoms with E-state index in [1.54, 1.807) is 18.0 Å². The van der Waals surface area contributed by atoms with Gasteiger partial charge in [0, 0.05) is 18.1 Å². The van der Waals surface area contributed by atoms with Crippen LogP contribution in [0.15, 0.2) is 23.2 Å². The number of para-hydroxylation sites is 1. The van der Waals surface area contributed by atoms with Crippen molar-refractivity contribution in [3.63, 3.8) is 0 Å². The first-order valence-electron chi connectivity index (χ1n) is 7.66. The molecule has 1 aromatic carbocycles. The van der Waals surface area contributed by atoms with Gasteiger partial charge >= 0.3 is 148 Å². The Kier molecular flexibility index (Phi) is 23.3. The molecule has 0 fully saturated rings. The number of hydrogen-bond acceptors (Lipinski definition) is 6. The number of carboxylic acid groups (broad SMARTS) is 1. The second-order valence-electron chi connectivity index (χ2n) is 5.01. The van der Waals surface area contributed by atoms with Gasteiger partial charge in [-0.15, -0.1) is 11.8 Å². The maximum absolute atomic E-state index is 13.4. The number of thiol groups is 1. The Morgan fingerprint density at radius 1 is 1.54 bits per heavy atom. The van der Waals surface area contributed by atoms with E-state index in [1.807, 2.05) is 0 Å². The van der Waals surface area contributed by atoms with Crippen molar-refractivity contribution in [1.82, 2.24) is 4.90 Å². The molecule has 11 heteroatoms. The molecule has 0 radical (unpaired) electrons. The minimum absolute atomic E-state index is 0. The fourth-order valence-electron chi connectivity index (χ4n) is 2.21. The first-order valence-corrected chi connectivity index (χ1v) is 61.3. The Morgan fingerprint density at radius 3 is 2.69 bits per heavy atom. The van der Waals surface area contributed by atoms with Gasteiger partial charge in [0.2, 0.25) is 0 Å². The number of aliphatic carboxylic acids is 1. The second-order valence-corrected chi connectivity index (χ2v) is 6.39. The third-order valence-corrected chi connectivity index (χ3v) is 4.91. The molecule has 0 aliphatic carbocycles. The van der Waals surface area contributed by atoms with Crippen molar-refractivity contribution in [2.75, 3.05) is 25.1 Å². The number of aliphatic imine (C=N–C) groups is 1. The van der Waals surface area contributed by atoms with Crippen molar-refractivity contribution in [3.05, 3.63) is 37.0 Å². The number of carbonyl (C=O) groups is 1. The number of halogens is 1. The average Bonchev–Trinajstić information content (AvgIpc) is 3.00. The van der Waals surface area contributed by atoms with Crippen LogP contribution in [0.3, 0.4) is 0 Å². The van der Waals surface area contributed by atoms with E-state index in [9.17, 15) is 14.3 Å². The van der Waals surface area contributed by atoms with Crippen LogP contribution in [0, 0.1) is 13.2 Å². The molecule has 0 saturated heterocycles. The quantitative estimate of drug-likeness (QED) is 0.241. The van der Waals surface area contributed by atoms with Crippen molar-refractivity contribution >= 4 is 109 Å². The van der Waals surface area contributed by atoms with Crippen LogP contribution in [0.5, 0.6) is 5.75 Å².